The molecule has 4 heteroatoms. The molecule has 0 atom stereocenters. The molecule has 4 aliphatic carbocycles. The lowest BCUT2D eigenvalue weighted by molar-refractivity contribution is -0.00518. The summed E-state index contributed by atoms with van der Waals surface area (Å²) in [6.45, 7) is 0. The summed E-state index contributed by atoms with van der Waals surface area (Å²) >= 11 is 0. The molecule has 0 unspecified atom stereocenters. The van der Waals surface area contributed by atoms with E-state index in [1.807, 2.05) is 12.1 Å². The van der Waals surface area contributed by atoms with Gasteiger partial charge in [0.25, 0.3) is 0 Å². The molecular weight excluding hydrogens is 613 g/mol. The highest BCUT2D eigenvalue weighted by Gasteiger charge is 2.51. The van der Waals surface area contributed by atoms with Gasteiger partial charge in [-0.3, -0.25) is 0 Å². The van der Waals surface area contributed by atoms with E-state index in [9.17, 15) is 0 Å². The maximum atomic E-state index is 6.55. The Morgan fingerprint density at radius 2 is 1.16 bits per heavy atom. The molecule has 0 spiro atoms. The number of oxazole rings is 1. The zero-order chi connectivity index (χ0) is 32.8. The number of fused-ring (bicyclic) bond motifs is 4. The first-order valence-corrected chi connectivity index (χ1v) is 18.1. The lowest BCUT2D eigenvalue weighted by atomic mass is 9.48. The third kappa shape index (κ3) is 4.51. The van der Waals surface area contributed by atoms with Gasteiger partial charge in [-0.15, -0.1) is 0 Å². The number of rotatable bonds is 5. The molecule has 8 aromatic rings. The van der Waals surface area contributed by atoms with Crippen LogP contribution in [0.25, 0.3) is 77.8 Å². The second-order valence-corrected chi connectivity index (χ2v) is 15.3. The highest BCUT2D eigenvalue weighted by Crippen LogP contribution is 2.60. The largest absolute Gasteiger partial charge is 0.456 e. The van der Waals surface area contributed by atoms with Crippen molar-refractivity contribution in [1.29, 1.82) is 0 Å². The van der Waals surface area contributed by atoms with Gasteiger partial charge in [-0.05, 0) is 126 Å². The Morgan fingerprint density at radius 3 is 1.86 bits per heavy atom. The molecular formula is C46H36N2O2. The molecule has 0 amide bonds. The quantitative estimate of drug-likeness (QED) is 0.186. The summed E-state index contributed by atoms with van der Waals surface area (Å²) in [5.74, 6) is 2.81. The molecule has 50 heavy (non-hydrogen) atoms. The fraction of sp³-hybridized carbons (Fsp3) is 0.217. The summed E-state index contributed by atoms with van der Waals surface area (Å²) in [6.07, 6.45) is 10.1. The maximum absolute atomic E-state index is 6.55. The van der Waals surface area contributed by atoms with Crippen molar-refractivity contribution in [1.82, 2.24) is 9.97 Å². The van der Waals surface area contributed by atoms with Gasteiger partial charge in [0.1, 0.15) is 16.7 Å². The third-order valence-electron chi connectivity index (χ3n) is 12.2. The molecule has 0 N–H and O–H groups in total. The van der Waals surface area contributed by atoms with E-state index in [4.69, 9.17) is 13.8 Å². The Morgan fingerprint density at radius 1 is 0.540 bits per heavy atom. The fourth-order valence-electron chi connectivity index (χ4n) is 10.3. The van der Waals surface area contributed by atoms with Crippen LogP contribution in [-0.4, -0.2) is 9.97 Å². The zero-order valence-corrected chi connectivity index (χ0v) is 27.8. The number of furan rings is 1. The van der Waals surface area contributed by atoms with E-state index in [2.05, 4.69) is 114 Å². The molecule has 12 rings (SSSR count). The average Bonchev–Trinajstić information content (AvgIpc) is 3.79. The summed E-state index contributed by atoms with van der Waals surface area (Å²) in [5, 5.41) is 2.20. The van der Waals surface area contributed by atoms with Crippen molar-refractivity contribution >= 4 is 33.0 Å². The highest BCUT2D eigenvalue weighted by atomic mass is 16.3. The predicted molar refractivity (Wildman–Crippen MR) is 201 cm³/mol. The van der Waals surface area contributed by atoms with Crippen LogP contribution in [0.4, 0.5) is 0 Å². The van der Waals surface area contributed by atoms with Gasteiger partial charge >= 0.3 is 0 Å². The van der Waals surface area contributed by atoms with Gasteiger partial charge in [0.2, 0.25) is 0 Å². The molecule has 4 bridgehead atoms. The minimum Gasteiger partial charge on any atom is -0.456 e. The van der Waals surface area contributed by atoms with Gasteiger partial charge in [0.15, 0.2) is 12.0 Å². The first-order valence-electron chi connectivity index (χ1n) is 18.1. The summed E-state index contributed by atoms with van der Waals surface area (Å²) < 4.78 is 12.3. The molecule has 0 radical (unpaired) electrons. The fourth-order valence-corrected chi connectivity index (χ4v) is 10.3. The second-order valence-electron chi connectivity index (χ2n) is 15.3. The normalized spacial score (nSPS) is 22.6. The molecule has 242 valence electrons. The maximum Gasteiger partial charge on any atom is 0.182 e. The van der Waals surface area contributed by atoms with Gasteiger partial charge < -0.3 is 8.83 Å². The van der Waals surface area contributed by atoms with Crippen molar-refractivity contribution in [3.05, 3.63) is 133 Å². The lowest BCUT2D eigenvalue weighted by Gasteiger charge is -2.57. The zero-order valence-electron chi connectivity index (χ0n) is 27.8. The third-order valence-corrected chi connectivity index (χ3v) is 12.2. The topological polar surface area (TPSA) is 52.1 Å². The summed E-state index contributed by atoms with van der Waals surface area (Å²) in [6, 6.07) is 43.5. The number of nitrogens with zero attached hydrogens (tertiary/aromatic N) is 2. The Kier molecular flexibility index (Phi) is 6.10. The van der Waals surface area contributed by atoms with E-state index >= 15 is 0 Å². The average molecular weight is 649 g/mol. The molecule has 3 heterocycles. The van der Waals surface area contributed by atoms with Crippen LogP contribution in [0, 0.1) is 17.8 Å². The molecule has 4 aliphatic rings. The summed E-state index contributed by atoms with van der Waals surface area (Å²) in [4.78, 5) is 9.57. The Labute approximate surface area is 290 Å². The molecule has 0 saturated heterocycles. The highest BCUT2D eigenvalue weighted by molar-refractivity contribution is 6.07. The van der Waals surface area contributed by atoms with E-state index < -0.39 is 0 Å². The van der Waals surface area contributed by atoms with Crippen molar-refractivity contribution in [3.63, 3.8) is 0 Å². The van der Waals surface area contributed by atoms with Gasteiger partial charge in [-0.1, -0.05) is 78.9 Å². The first kappa shape index (κ1) is 28.4. The Bertz CT molecular complexity index is 2540. The van der Waals surface area contributed by atoms with Crippen LogP contribution >= 0.6 is 0 Å². The summed E-state index contributed by atoms with van der Waals surface area (Å²) in [5.41, 5.74) is 13.8. The van der Waals surface area contributed by atoms with Crippen molar-refractivity contribution in [2.24, 2.45) is 17.8 Å². The van der Waals surface area contributed by atoms with E-state index in [0.29, 0.717) is 5.41 Å². The van der Waals surface area contributed by atoms with Crippen LogP contribution in [0.2, 0.25) is 0 Å². The number of benzene rings is 5. The van der Waals surface area contributed by atoms with Crippen LogP contribution in [-0.2, 0) is 5.41 Å². The SMILES string of the molecule is c1ccc(-c2cc(-c3ccc4c(c3)oc3cc(-c5cccc6ncoc56)ccc34)cc(-c3ccc(C45CC6CC(CC(C6)C4)C5)cc3)n2)cc1. The first-order chi connectivity index (χ1) is 24.6. The van der Waals surface area contributed by atoms with Crippen LogP contribution in [0.5, 0.6) is 0 Å². The van der Waals surface area contributed by atoms with Crippen LogP contribution in [0.3, 0.4) is 0 Å². The number of aromatic nitrogens is 2. The van der Waals surface area contributed by atoms with Crippen LogP contribution in [0.15, 0.2) is 137 Å². The monoisotopic (exact) mass is 648 g/mol. The number of para-hydroxylation sites is 1. The lowest BCUT2D eigenvalue weighted by Crippen LogP contribution is -2.48. The second kappa shape index (κ2) is 10.8. The number of hydrogen-bond acceptors (Lipinski definition) is 4. The number of hydrogen-bond donors (Lipinski definition) is 0. The Hall–Kier alpha value is -5.48. The molecule has 3 aromatic heterocycles. The molecule has 4 nitrogen and oxygen atoms in total. The van der Waals surface area contributed by atoms with Gasteiger partial charge in [0.05, 0.1) is 11.4 Å². The van der Waals surface area contributed by atoms with Crippen molar-refractivity contribution in [2.75, 3.05) is 0 Å². The molecule has 4 fully saturated rings. The van der Waals surface area contributed by atoms with E-state index in [1.54, 1.807) is 5.56 Å². The van der Waals surface area contributed by atoms with Crippen molar-refractivity contribution in [2.45, 2.75) is 43.9 Å². The van der Waals surface area contributed by atoms with E-state index in [1.165, 1.54) is 44.9 Å². The smallest absolute Gasteiger partial charge is 0.182 e. The van der Waals surface area contributed by atoms with E-state index in [0.717, 1.165) is 95.6 Å². The molecule has 5 aromatic carbocycles. The molecule has 4 saturated carbocycles. The van der Waals surface area contributed by atoms with Crippen molar-refractivity contribution < 1.29 is 8.83 Å². The standard InChI is InChI=1S/C46H36N2O2/c1-2-5-31(6-3-1)41-20-35(21-42(48-41)32-9-13-36(14-10-32)46-24-28-17-29(25-46)19-30(18-28)26-46)33-11-15-38-39-16-12-34(23-44(39)50-43(38)22-33)37-7-4-8-40-45(37)49-27-47-40/h1-16,20-23,27-30H,17-19,24-26H2. The van der Waals surface area contributed by atoms with E-state index in [-0.39, 0.29) is 0 Å². The van der Waals surface area contributed by atoms with Gasteiger partial charge in [0, 0.05) is 27.5 Å². The van der Waals surface area contributed by atoms with Gasteiger partial charge in [-0.25, -0.2) is 9.97 Å². The summed E-state index contributed by atoms with van der Waals surface area (Å²) in [7, 11) is 0. The molecule has 0 aliphatic heterocycles. The minimum absolute atomic E-state index is 0.393. The van der Waals surface area contributed by atoms with Crippen LogP contribution < -0.4 is 0 Å². The predicted octanol–water partition coefficient (Wildman–Crippen LogP) is 12.3. The van der Waals surface area contributed by atoms with Crippen LogP contribution in [0.1, 0.15) is 44.1 Å². The Balaban J connectivity index is 0.985. The minimum atomic E-state index is 0.393. The number of pyridine rings is 1. The van der Waals surface area contributed by atoms with Crippen molar-refractivity contribution in [3.8, 4) is 44.8 Å². The van der Waals surface area contributed by atoms with Gasteiger partial charge in [-0.2, -0.15) is 0 Å².